The Labute approximate surface area is 151 Å². The summed E-state index contributed by atoms with van der Waals surface area (Å²) in [5.41, 5.74) is 3.20. The predicted octanol–water partition coefficient (Wildman–Crippen LogP) is 2.70. The Morgan fingerprint density at radius 2 is 2.04 bits per heavy atom. The van der Waals surface area contributed by atoms with Crippen molar-refractivity contribution in [2.75, 3.05) is 33.8 Å². The molecule has 4 nitrogen and oxygen atoms in total. The lowest BCUT2D eigenvalue weighted by Crippen LogP contribution is -2.65. The first-order valence-corrected chi connectivity index (χ1v) is 9.62. The highest BCUT2D eigenvalue weighted by Gasteiger charge is 2.55. The minimum atomic E-state index is 0.0857. The second-order valence-corrected chi connectivity index (χ2v) is 8.48. The summed E-state index contributed by atoms with van der Waals surface area (Å²) in [5, 5.41) is 0. The number of amides is 1. The molecule has 0 saturated carbocycles. The summed E-state index contributed by atoms with van der Waals surface area (Å²) in [6.45, 7) is 6.97. The second-order valence-electron chi connectivity index (χ2n) is 8.48. The van der Waals surface area contributed by atoms with Crippen LogP contribution in [0.5, 0.6) is 5.75 Å². The third-order valence-electron chi connectivity index (χ3n) is 6.98. The number of hydrogen-bond donors (Lipinski definition) is 0. The van der Waals surface area contributed by atoms with Crippen molar-refractivity contribution in [2.24, 2.45) is 11.8 Å². The van der Waals surface area contributed by atoms with E-state index >= 15 is 0 Å². The molecule has 25 heavy (non-hydrogen) atoms. The van der Waals surface area contributed by atoms with Crippen molar-refractivity contribution >= 4 is 5.91 Å². The van der Waals surface area contributed by atoms with Crippen molar-refractivity contribution in [1.29, 1.82) is 0 Å². The standard InChI is InChI=1S/C21H30N2O2/c1-14(2)20(24)23-10-8-21-7-9-22(3)19(18(21)13-23)11-15-5-6-16(25-4)12-17(15)21/h5-6,12,14,18-19H,7-11,13H2,1-4H3/t18-,19+,21?/m0/s1. The number of ether oxygens (including phenoxy) is 1. The average Bonchev–Trinajstić information content (AvgIpc) is 2.63. The third kappa shape index (κ3) is 2.49. The lowest BCUT2D eigenvalue weighted by atomic mass is 9.54. The Hall–Kier alpha value is -1.55. The second kappa shape index (κ2) is 6.01. The van der Waals surface area contributed by atoms with Crippen LogP contribution in [0.3, 0.4) is 0 Å². The molecule has 1 aromatic rings. The van der Waals surface area contributed by atoms with Crippen molar-refractivity contribution in [2.45, 2.75) is 44.6 Å². The van der Waals surface area contributed by atoms with E-state index in [1.54, 1.807) is 7.11 Å². The van der Waals surface area contributed by atoms with Crippen molar-refractivity contribution in [3.05, 3.63) is 29.3 Å². The Morgan fingerprint density at radius 3 is 2.76 bits per heavy atom. The molecule has 3 atom stereocenters. The van der Waals surface area contributed by atoms with Crippen molar-refractivity contribution in [1.82, 2.24) is 9.80 Å². The van der Waals surface area contributed by atoms with Crippen molar-refractivity contribution in [3.8, 4) is 5.75 Å². The largest absolute Gasteiger partial charge is 0.497 e. The van der Waals surface area contributed by atoms with Crippen LogP contribution in [0.4, 0.5) is 0 Å². The summed E-state index contributed by atoms with van der Waals surface area (Å²) in [7, 11) is 4.01. The lowest BCUT2D eigenvalue weighted by Gasteiger charge is -2.60. The molecular weight excluding hydrogens is 312 g/mol. The number of rotatable bonds is 2. The van der Waals surface area contributed by atoms with Gasteiger partial charge in [-0.05, 0) is 56.1 Å². The highest BCUT2D eigenvalue weighted by Crippen LogP contribution is 2.53. The molecule has 1 amide bonds. The SMILES string of the molecule is COc1ccc2c(c1)C13CCN(C(=O)C(C)C)C[C@H]1[C@@H](C2)N(C)CC3. The van der Waals surface area contributed by atoms with Gasteiger partial charge in [0.25, 0.3) is 0 Å². The Kier molecular flexibility index (Phi) is 4.06. The molecule has 1 aliphatic carbocycles. The van der Waals surface area contributed by atoms with E-state index < -0.39 is 0 Å². The van der Waals surface area contributed by atoms with Gasteiger partial charge in [-0.2, -0.15) is 0 Å². The van der Waals surface area contributed by atoms with Crippen LogP contribution in [0.1, 0.15) is 37.8 Å². The molecule has 2 heterocycles. The fourth-order valence-corrected chi connectivity index (χ4v) is 5.55. The van der Waals surface area contributed by atoms with Crippen LogP contribution in [-0.2, 0) is 16.6 Å². The number of hydrogen-bond acceptors (Lipinski definition) is 3. The number of fused-ring (bicyclic) bond motifs is 1. The summed E-state index contributed by atoms with van der Waals surface area (Å²) < 4.78 is 5.53. The quantitative estimate of drug-likeness (QED) is 0.828. The van der Waals surface area contributed by atoms with Gasteiger partial charge in [-0.3, -0.25) is 4.79 Å². The summed E-state index contributed by atoms with van der Waals surface area (Å²) in [5.74, 6) is 1.89. The maximum atomic E-state index is 12.6. The number of benzene rings is 1. The van der Waals surface area contributed by atoms with Crippen LogP contribution in [-0.4, -0.2) is 55.5 Å². The molecule has 4 rings (SSSR count). The molecule has 2 aliphatic heterocycles. The van der Waals surface area contributed by atoms with Crippen LogP contribution in [0.25, 0.3) is 0 Å². The van der Waals surface area contributed by atoms with Crippen LogP contribution >= 0.6 is 0 Å². The zero-order valence-corrected chi connectivity index (χ0v) is 15.9. The van der Waals surface area contributed by atoms with Gasteiger partial charge in [-0.25, -0.2) is 0 Å². The first kappa shape index (κ1) is 16.9. The summed E-state index contributed by atoms with van der Waals surface area (Å²) in [6, 6.07) is 7.19. The average molecular weight is 342 g/mol. The molecular formula is C21H30N2O2. The van der Waals surface area contributed by atoms with E-state index in [9.17, 15) is 4.79 Å². The predicted molar refractivity (Wildman–Crippen MR) is 98.9 cm³/mol. The number of likely N-dealkylation sites (N-methyl/N-ethyl adjacent to an activating group) is 1. The van der Waals surface area contributed by atoms with Crippen molar-refractivity contribution in [3.63, 3.8) is 0 Å². The van der Waals surface area contributed by atoms with E-state index in [0.717, 1.165) is 38.2 Å². The fraction of sp³-hybridized carbons (Fsp3) is 0.667. The van der Waals surface area contributed by atoms with E-state index in [-0.39, 0.29) is 11.3 Å². The number of carbonyl (C=O) groups is 1. The lowest BCUT2D eigenvalue weighted by molar-refractivity contribution is -0.140. The molecule has 2 fully saturated rings. The summed E-state index contributed by atoms with van der Waals surface area (Å²) in [6.07, 6.45) is 3.36. The van der Waals surface area contributed by atoms with Crippen LogP contribution in [0.15, 0.2) is 18.2 Å². The molecule has 1 aromatic carbocycles. The molecule has 0 aromatic heterocycles. The van der Waals surface area contributed by atoms with Gasteiger partial charge in [0, 0.05) is 36.4 Å². The van der Waals surface area contributed by atoms with Gasteiger partial charge in [0.2, 0.25) is 5.91 Å². The maximum Gasteiger partial charge on any atom is 0.225 e. The van der Waals surface area contributed by atoms with E-state index in [4.69, 9.17) is 4.74 Å². The molecule has 0 radical (unpaired) electrons. The maximum absolute atomic E-state index is 12.6. The Bertz CT molecular complexity index is 686. The number of carbonyl (C=O) groups excluding carboxylic acids is 1. The van der Waals surface area contributed by atoms with Crippen molar-refractivity contribution < 1.29 is 9.53 Å². The Morgan fingerprint density at radius 1 is 1.28 bits per heavy atom. The minimum Gasteiger partial charge on any atom is -0.497 e. The van der Waals surface area contributed by atoms with Gasteiger partial charge >= 0.3 is 0 Å². The number of methoxy groups -OCH3 is 1. The fourth-order valence-electron chi connectivity index (χ4n) is 5.55. The molecule has 2 saturated heterocycles. The van der Waals surface area contributed by atoms with E-state index in [0.29, 0.717) is 17.9 Å². The molecule has 0 spiro atoms. The molecule has 0 N–H and O–H groups in total. The number of likely N-dealkylation sites (tertiary alicyclic amines) is 2. The van der Waals surface area contributed by atoms with Gasteiger partial charge in [0.1, 0.15) is 5.75 Å². The zero-order chi connectivity index (χ0) is 17.8. The topological polar surface area (TPSA) is 32.8 Å². The van der Waals surface area contributed by atoms with Gasteiger partial charge in [-0.15, -0.1) is 0 Å². The van der Waals surface area contributed by atoms with Crippen LogP contribution in [0.2, 0.25) is 0 Å². The molecule has 2 bridgehead atoms. The zero-order valence-electron chi connectivity index (χ0n) is 15.9. The van der Waals surface area contributed by atoms with Crippen LogP contribution in [0, 0.1) is 11.8 Å². The van der Waals surface area contributed by atoms with E-state index in [2.05, 4.69) is 35.0 Å². The monoisotopic (exact) mass is 342 g/mol. The Balaban J connectivity index is 1.75. The molecule has 1 unspecified atom stereocenters. The summed E-state index contributed by atoms with van der Waals surface area (Å²) >= 11 is 0. The van der Waals surface area contributed by atoms with Crippen LogP contribution < -0.4 is 4.74 Å². The highest BCUT2D eigenvalue weighted by molar-refractivity contribution is 5.78. The third-order valence-corrected chi connectivity index (χ3v) is 6.98. The first-order chi connectivity index (χ1) is 12.0. The van der Waals surface area contributed by atoms with Gasteiger partial charge in [0.15, 0.2) is 0 Å². The van der Waals surface area contributed by atoms with Gasteiger partial charge < -0.3 is 14.5 Å². The molecule has 3 aliphatic rings. The van der Waals surface area contributed by atoms with Gasteiger partial charge in [-0.1, -0.05) is 19.9 Å². The summed E-state index contributed by atoms with van der Waals surface area (Å²) in [4.78, 5) is 17.3. The molecule has 4 heteroatoms. The highest BCUT2D eigenvalue weighted by atomic mass is 16.5. The number of piperidine rings is 2. The smallest absolute Gasteiger partial charge is 0.225 e. The first-order valence-electron chi connectivity index (χ1n) is 9.62. The van der Waals surface area contributed by atoms with E-state index in [1.165, 1.54) is 17.5 Å². The minimum absolute atomic E-state index is 0.0857. The number of nitrogens with zero attached hydrogens (tertiary/aromatic N) is 2. The van der Waals surface area contributed by atoms with E-state index in [1.807, 2.05) is 13.8 Å². The molecule has 136 valence electrons. The van der Waals surface area contributed by atoms with Gasteiger partial charge in [0.05, 0.1) is 7.11 Å². The normalized spacial score (nSPS) is 31.5.